The van der Waals surface area contributed by atoms with Crippen molar-refractivity contribution in [2.75, 3.05) is 13.1 Å². The van der Waals surface area contributed by atoms with Crippen LogP contribution in [0.15, 0.2) is 72.8 Å². The Morgan fingerprint density at radius 2 is 1.49 bits per heavy atom. The molecule has 194 valence electrons. The number of nitrogens with zero attached hydrogens (tertiary/aromatic N) is 1. The molecule has 10 heteroatoms. The number of alkyl halides is 3. The van der Waals surface area contributed by atoms with E-state index in [1.807, 2.05) is 0 Å². The highest BCUT2D eigenvalue weighted by Gasteiger charge is 2.42. The van der Waals surface area contributed by atoms with Crippen molar-refractivity contribution in [2.24, 2.45) is 5.41 Å². The van der Waals surface area contributed by atoms with Crippen molar-refractivity contribution in [3.63, 3.8) is 0 Å². The Morgan fingerprint density at radius 1 is 0.919 bits per heavy atom. The molecule has 2 N–H and O–H groups in total. The first-order chi connectivity index (χ1) is 17.6. The molecule has 0 bridgehead atoms. The van der Waals surface area contributed by atoms with Crippen LogP contribution >= 0.6 is 0 Å². The Morgan fingerprint density at radius 3 is 2.03 bits per heavy atom. The van der Waals surface area contributed by atoms with Crippen molar-refractivity contribution in [2.45, 2.75) is 25.4 Å². The lowest BCUT2D eigenvalue weighted by Crippen LogP contribution is -2.50. The minimum Gasteiger partial charge on any atom is -0.457 e. The van der Waals surface area contributed by atoms with Crippen LogP contribution in [0.4, 0.5) is 17.6 Å². The van der Waals surface area contributed by atoms with Gasteiger partial charge in [0.1, 0.15) is 17.3 Å². The maximum Gasteiger partial charge on any atom is 0.416 e. The first-order valence-electron chi connectivity index (χ1n) is 11.5. The molecule has 2 amide bonds. The molecule has 4 rings (SSSR count). The summed E-state index contributed by atoms with van der Waals surface area (Å²) in [5, 5.41) is 9.38. The van der Waals surface area contributed by atoms with Crippen LogP contribution in [0.25, 0.3) is 0 Å². The maximum atomic E-state index is 14.1. The van der Waals surface area contributed by atoms with E-state index in [1.54, 1.807) is 35.8 Å². The number of amides is 2. The Bertz CT molecular complexity index is 1250. The second-order valence-electron chi connectivity index (χ2n) is 8.94. The molecule has 0 aliphatic carbocycles. The van der Waals surface area contributed by atoms with Crippen molar-refractivity contribution in [3.8, 4) is 11.5 Å². The highest BCUT2D eigenvalue weighted by molar-refractivity contribution is 5.94. The Hall–Kier alpha value is -3.92. The topological polar surface area (TPSA) is 78.9 Å². The highest BCUT2D eigenvalue weighted by Crippen LogP contribution is 2.37. The van der Waals surface area contributed by atoms with Crippen LogP contribution in [0.5, 0.6) is 11.5 Å². The number of benzene rings is 3. The number of halogens is 4. The molecular formula is C27H24F4N2O4. The average molecular weight is 516 g/mol. The Balaban J connectivity index is 1.42. The number of nitrogens with one attached hydrogen (secondary N) is 1. The molecule has 37 heavy (non-hydrogen) atoms. The van der Waals surface area contributed by atoms with Crippen LogP contribution in [0.2, 0.25) is 0 Å². The summed E-state index contributed by atoms with van der Waals surface area (Å²) in [6.45, 7) is 0.408. The Kier molecular flexibility index (Phi) is 7.49. The average Bonchev–Trinajstić information content (AvgIpc) is 2.89. The van der Waals surface area contributed by atoms with E-state index in [9.17, 15) is 32.4 Å². The summed E-state index contributed by atoms with van der Waals surface area (Å²) in [5.41, 5.74) is 0.694. The van der Waals surface area contributed by atoms with Gasteiger partial charge in [-0.1, -0.05) is 24.3 Å². The first-order valence-corrected chi connectivity index (χ1v) is 11.5. The minimum atomic E-state index is -4.43. The number of rotatable bonds is 6. The normalized spacial score (nSPS) is 15.2. The molecule has 0 aromatic heterocycles. The van der Waals surface area contributed by atoms with Gasteiger partial charge >= 0.3 is 6.18 Å². The second kappa shape index (κ2) is 10.6. The standard InChI is InChI=1S/C27H24F4N2O4/c28-23-4-2-1-3-22(23)24(34)33-15-13-26(14-16-33,25(35)32-36)17-18-5-9-20(10-6-18)37-21-11-7-19(8-12-21)27(29,30)31/h1-12,36H,13-17H2,(H,32,35). The molecule has 3 aromatic carbocycles. The molecule has 0 unspecified atom stereocenters. The fourth-order valence-corrected chi connectivity index (χ4v) is 4.46. The van der Waals surface area contributed by atoms with Gasteiger partial charge in [0.2, 0.25) is 5.91 Å². The van der Waals surface area contributed by atoms with Gasteiger partial charge < -0.3 is 9.64 Å². The number of likely N-dealkylation sites (tertiary alicyclic amines) is 1. The minimum absolute atomic E-state index is 0.0368. The van der Waals surface area contributed by atoms with Crippen molar-refractivity contribution in [1.29, 1.82) is 0 Å². The van der Waals surface area contributed by atoms with Crippen molar-refractivity contribution in [1.82, 2.24) is 10.4 Å². The van der Waals surface area contributed by atoms with Crippen LogP contribution in [-0.4, -0.2) is 35.0 Å². The summed E-state index contributed by atoms with van der Waals surface area (Å²) in [4.78, 5) is 26.9. The quantitative estimate of drug-likeness (QED) is 0.254. The SMILES string of the molecule is O=C(c1ccccc1F)N1CCC(Cc2ccc(Oc3ccc(C(F)(F)F)cc3)cc2)(C(=O)NO)CC1. The lowest BCUT2D eigenvalue weighted by atomic mass is 9.73. The van der Waals surface area contributed by atoms with Gasteiger partial charge in [0.05, 0.1) is 16.5 Å². The fourth-order valence-electron chi connectivity index (χ4n) is 4.46. The summed E-state index contributed by atoms with van der Waals surface area (Å²) >= 11 is 0. The van der Waals surface area contributed by atoms with E-state index in [2.05, 4.69) is 0 Å². The third kappa shape index (κ3) is 5.91. The lowest BCUT2D eigenvalue weighted by molar-refractivity contribution is -0.142. The molecule has 0 radical (unpaired) electrons. The lowest BCUT2D eigenvalue weighted by Gasteiger charge is -2.40. The predicted octanol–water partition coefficient (Wildman–Crippen LogP) is 5.61. The summed E-state index contributed by atoms with van der Waals surface area (Å²) in [6, 6.07) is 16.7. The summed E-state index contributed by atoms with van der Waals surface area (Å²) in [7, 11) is 0. The third-order valence-electron chi connectivity index (χ3n) is 6.58. The zero-order chi connectivity index (χ0) is 26.6. The molecule has 3 aromatic rings. The molecule has 1 aliphatic rings. The second-order valence-corrected chi connectivity index (χ2v) is 8.94. The van der Waals surface area contributed by atoms with E-state index >= 15 is 0 Å². The van der Waals surface area contributed by atoms with Gasteiger partial charge in [0.25, 0.3) is 5.91 Å². The van der Waals surface area contributed by atoms with E-state index in [-0.39, 0.29) is 43.7 Å². The van der Waals surface area contributed by atoms with E-state index in [0.29, 0.717) is 5.75 Å². The van der Waals surface area contributed by atoms with Crippen molar-refractivity contribution < 1.29 is 37.1 Å². The van der Waals surface area contributed by atoms with E-state index < -0.39 is 34.8 Å². The zero-order valence-electron chi connectivity index (χ0n) is 19.6. The first kappa shape index (κ1) is 26.2. The van der Waals surface area contributed by atoms with Crippen molar-refractivity contribution >= 4 is 11.8 Å². The number of hydroxylamine groups is 1. The predicted molar refractivity (Wildman–Crippen MR) is 126 cm³/mol. The number of hydrogen-bond donors (Lipinski definition) is 2. The summed E-state index contributed by atoms with van der Waals surface area (Å²) < 4.78 is 57.9. The largest absolute Gasteiger partial charge is 0.457 e. The molecule has 1 heterocycles. The van der Waals surface area contributed by atoms with Gasteiger partial charge in [-0.2, -0.15) is 13.2 Å². The van der Waals surface area contributed by atoms with Gasteiger partial charge in [0, 0.05) is 13.1 Å². The molecule has 6 nitrogen and oxygen atoms in total. The number of carbonyl (C=O) groups excluding carboxylic acids is 2. The number of ether oxygens (including phenoxy) is 1. The van der Waals surface area contributed by atoms with Crippen molar-refractivity contribution in [3.05, 3.63) is 95.3 Å². The maximum absolute atomic E-state index is 14.1. The van der Waals surface area contributed by atoms with Gasteiger partial charge in [0.15, 0.2) is 0 Å². The van der Waals surface area contributed by atoms with Crippen LogP contribution in [0.3, 0.4) is 0 Å². The molecule has 0 saturated carbocycles. The monoisotopic (exact) mass is 516 g/mol. The summed E-state index contributed by atoms with van der Waals surface area (Å²) in [5.74, 6) is -1.01. The smallest absolute Gasteiger partial charge is 0.416 e. The molecule has 1 saturated heterocycles. The molecular weight excluding hydrogens is 492 g/mol. The third-order valence-corrected chi connectivity index (χ3v) is 6.58. The molecule has 1 fully saturated rings. The van der Waals surface area contributed by atoms with Crippen LogP contribution in [0.1, 0.15) is 34.3 Å². The van der Waals surface area contributed by atoms with Gasteiger partial charge in [-0.25, -0.2) is 9.87 Å². The molecule has 0 atom stereocenters. The van der Waals surface area contributed by atoms with Crippen LogP contribution in [-0.2, 0) is 17.4 Å². The van der Waals surface area contributed by atoms with Gasteiger partial charge in [-0.15, -0.1) is 0 Å². The molecule has 1 aliphatic heterocycles. The highest BCUT2D eigenvalue weighted by atomic mass is 19.4. The van der Waals surface area contributed by atoms with E-state index in [1.165, 1.54) is 35.2 Å². The van der Waals surface area contributed by atoms with Gasteiger partial charge in [-0.05, 0) is 73.4 Å². The van der Waals surface area contributed by atoms with Gasteiger partial charge in [-0.3, -0.25) is 14.8 Å². The van der Waals surface area contributed by atoms with Crippen LogP contribution in [0, 0.1) is 11.2 Å². The molecule has 0 spiro atoms. The van der Waals surface area contributed by atoms with Crippen LogP contribution < -0.4 is 10.2 Å². The summed E-state index contributed by atoms with van der Waals surface area (Å²) in [6.07, 6.45) is -3.66. The van der Waals surface area contributed by atoms with E-state index in [4.69, 9.17) is 4.74 Å². The van der Waals surface area contributed by atoms with E-state index in [0.717, 1.165) is 17.7 Å². The number of piperidine rings is 1. The zero-order valence-corrected chi connectivity index (χ0v) is 19.6. The fraction of sp³-hybridized carbons (Fsp3) is 0.259. The Labute approximate surface area is 210 Å². The number of hydrogen-bond acceptors (Lipinski definition) is 4. The number of carbonyl (C=O) groups is 2.